The van der Waals surface area contributed by atoms with Crippen LogP contribution in [-0.2, 0) is 11.2 Å². The van der Waals surface area contributed by atoms with E-state index in [4.69, 9.17) is 9.84 Å². The van der Waals surface area contributed by atoms with Crippen LogP contribution in [0.5, 0.6) is 5.75 Å². The second-order valence-corrected chi connectivity index (χ2v) is 10.5. The third kappa shape index (κ3) is 7.84. The standard InChI is InChI=1S/C34H40N4O3/c1-5-6-7-9-12-26-15-17-28(18-16-26)34(40)37(25(2)3)24-33(39)35-32-23-31(27-13-10-8-11-14-27)36-38(32)29-19-21-30(41-4)22-20-29/h8,10-11,13-23,25H,5-7,9,12,24H2,1-4H3,(H,35,39). The van der Waals surface area contributed by atoms with E-state index in [2.05, 4.69) is 12.2 Å². The molecule has 2 amide bonds. The molecule has 214 valence electrons. The number of benzene rings is 3. The van der Waals surface area contributed by atoms with E-state index >= 15 is 0 Å². The van der Waals surface area contributed by atoms with E-state index < -0.39 is 0 Å². The van der Waals surface area contributed by atoms with Crippen LogP contribution in [0.15, 0.2) is 84.9 Å². The smallest absolute Gasteiger partial charge is 0.254 e. The molecule has 0 atom stereocenters. The molecule has 7 nitrogen and oxygen atoms in total. The minimum Gasteiger partial charge on any atom is -0.497 e. The van der Waals surface area contributed by atoms with Crippen LogP contribution in [0.2, 0.25) is 0 Å². The summed E-state index contributed by atoms with van der Waals surface area (Å²) >= 11 is 0. The van der Waals surface area contributed by atoms with E-state index in [1.54, 1.807) is 16.7 Å². The second-order valence-electron chi connectivity index (χ2n) is 10.5. The van der Waals surface area contributed by atoms with Crippen LogP contribution in [0.1, 0.15) is 62.4 Å². The molecule has 0 aliphatic rings. The third-order valence-electron chi connectivity index (χ3n) is 7.08. The Morgan fingerprint density at radius 2 is 1.63 bits per heavy atom. The molecule has 0 aliphatic carbocycles. The number of unbranched alkanes of at least 4 members (excludes halogenated alkanes) is 3. The van der Waals surface area contributed by atoms with Gasteiger partial charge in [0.1, 0.15) is 18.1 Å². The fourth-order valence-electron chi connectivity index (χ4n) is 4.70. The maximum atomic E-state index is 13.4. The zero-order valence-electron chi connectivity index (χ0n) is 24.5. The molecule has 0 radical (unpaired) electrons. The van der Waals surface area contributed by atoms with Gasteiger partial charge in [0.25, 0.3) is 5.91 Å². The number of aryl methyl sites for hydroxylation is 1. The highest BCUT2D eigenvalue weighted by Crippen LogP contribution is 2.26. The Morgan fingerprint density at radius 3 is 2.27 bits per heavy atom. The number of carbonyl (C=O) groups excluding carboxylic acids is 2. The highest BCUT2D eigenvalue weighted by atomic mass is 16.5. The lowest BCUT2D eigenvalue weighted by atomic mass is 10.0. The maximum Gasteiger partial charge on any atom is 0.254 e. The van der Waals surface area contributed by atoms with Gasteiger partial charge in [-0.15, -0.1) is 0 Å². The van der Waals surface area contributed by atoms with Gasteiger partial charge in [-0.25, -0.2) is 4.68 Å². The summed E-state index contributed by atoms with van der Waals surface area (Å²) in [5.74, 6) is 0.781. The number of aromatic nitrogens is 2. The first kappa shape index (κ1) is 29.6. The largest absolute Gasteiger partial charge is 0.497 e. The fourth-order valence-corrected chi connectivity index (χ4v) is 4.70. The van der Waals surface area contributed by atoms with Crippen LogP contribution in [0, 0.1) is 0 Å². The van der Waals surface area contributed by atoms with E-state index in [1.165, 1.54) is 24.8 Å². The highest BCUT2D eigenvalue weighted by Gasteiger charge is 2.23. The Balaban J connectivity index is 1.51. The lowest BCUT2D eigenvalue weighted by Gasteiger charge is -2.26. The summed E-state index contributed by atoms with van der Waals surface area (Å²) < 4.78 is 6.99. The van der Waals surface area contributed by atoms with Gasteiger partial charge in [-0.1, -0.05) is 68.7 Å². The van der Waals surface area contributed by atoms with Crippen molar-refractivity contribution < 1.29 is 14.3 Å². The second kappa shape index (κ2) is 14.3. The van der Waals surface area contributed by atoms with Crippen LogP contribution in [0.25, 0.3) is 16.9 Å². The van der Waals surface area contributed by atoms with Gasteiger partial charge in [0.2, 0.25) is 5.91 Å². The molecule has 0 saturated heterocycles. The zero-order chi connectivity index (χ0) is 29.2. The summed E-state index contributed by atoms with van der Waals surface area (Å²) in [5, 5.41) is 7.77. The normalized spacial score (nSPS) is 11.0. The van der Waals surface area contributed by atoms with Crippen molar-refractivity contribution in [3.05, 3.63) is 96.1 Å². The van der Waals surface area contributed by atoms with Crippen LogP contribution >= 0.6 is 0 Å². The topological polar surface area (TPSA) is 76.5 Å². The van der Waals surface area contributed by atoms with Crippen LogP contribution < -0.4 is 10.1 Å². The number of anilines is 1. The summed E-state index contributed by atoms with van der Waals surface area (Å²) in [5.41, 5.74) is 4.24. The molecule has 0 spiro atoms. The van der Waals surface area contributed by atoms with Crippen molar-refractivity contribution in [1.82, 2.24) is 14.7 Å². The summed E-state index contributed by atoms with van der Waals surface area (Å²) in [6, 6.07) is 26.7. The molecular weight excluding hydrogens is 512 g/mol. The molecule has 41 heavy (non-hydrogen) atoms. The first-order valence-corrected chi connectivity index (χ1v) is 14.4. The van der Waals surface area contributed by atoms with Gasteiger partial charge >= 0.3 is 0 Å². The monoisotopic (exact) mass is 552 g/mol. The molecule has 1 heterocycles. The molecule has 0 unspecified atom stereocenters. The summed E-state index contributed by atoms with van der Waals surface area (Å²) in [6.45, 7) is 5.97. The van der Waals surface area contributed by atoms with E-state index in [-0.39, 0.29) is 24.4 Å². The lowest BCUT2D eigenvalue weighted by molar-refractivity contribution is -0.117. The van der Waals surface area contributed by atoms with Gasteiger partial charge in [0.15, 0.2) is 0 Å². The average Bonchev–Trinajstić information content (AvgIpc) is 3.42. The molecule has 1 N–H and O–H groups in total. The number of hydrogen-bond acceptors (Lipinski definition) is 4. The van der Waals surface area contributed by atoms with E-state index in [0.717, 1.165) is 35.5 Å². The molecule has 4 aromatic rings. The number of hydrogen-bond donors (Lipinski definition) is 1. The van der Waals surface area contributed by atoms with Crippen molar-refractivity contribution >= 4 is 17.6 Å². The average molecular weight is 553 g/mol. The molecule has 7 heteroatoms. The molecule has 0 saturated carbocycles. The summed E-state index contributed by atoms with van der Waals surface area (Å²) in [7, 11) is 1.62. The predicted molar refractivity (Wildman–Crippen MR) is 165 cm³/mol. The van der Waals surface area contributed by atoms with Crippen molar-refractivity contribution in [1.29, 1.82) is 0 Å². The molecule has 0 fully saturated rings. The quantitative estimate of drug-likeness (QED) is 0.179. The molecule has 0 aliphatic heterocycles. The highest BCUT2D eigenvalue weighted by molar-refractivity contribution is 5.99. The number of rotatable bonds is 13. The predicted octanol–water partition coefficient (Wildman–Crippen LogP) is 7.16. The van der Waals surface area contributed by atoms with E-state index in [1.807, 2.05) is 98.8 Å². The van der Waals surface area contributed by atoms with Crippen LogP contribution in [0.4, 0.5) is 5.82 Å². The molecule has 0 bridgehead atoms. The lowest BCUT2D eigenvalue weighted by Crippen LogP contribution is -2.42. The Labute approximate surface area is 243 Å². The molecule has 1 aromatic heterocycles. The SMILES string of the molecule is CCCCCCc1ccc(C(=O)N(CC(=O)Nc2cc(-c3ccccc3)nn2-c2ccc(OC)cc2)C(C)C)cc1. The molecular formula is C34H40N4O3. The van der Waals surface area contributed by atoms with Crippen molar-refractivity contribution in [2.45, 2.75) is 58.9 Å². The van der Waals surface area contributed by atoms with Crippen molar-refractivity contribution in [2.24, 2.45) is 0 Å². The minimum atomic E-state index is -0.297. The Morgan fingerprint density at radius 1 is 0.927 bits per heavy atom. The van der Waals surface area contributed by atoms with Gasteiger partial charge in [-0.3, -0.25) is 9.59 Å². The Hall–Kier alpha value is -4.39. The number of carbonyl (C=O) groups is 2. The van der Waals surface area contributed by atoms with Crippen molar-refractivity contribution in [2.75, 3.05) is 19.0 Å². The summed E-state index contributed by atoms with van der Waals surface area (Å²) in [6.07, 6.45) is 5.84. The molecule has 4 rings (SSSR count). The third-order valence-corrected chi connectivity index (χ3v) is 7.08. The number of nitrogens with zero attached hydrogens (tertiary/aromatic N) is 3. The minimum absolute atomic E-state index is 0.0796. The number of nitrogens with one attached hydrogen (secondary N) is 1. The van der Waals surface area contributed by atoms with Gasteiger partial charge in [-0.2, -0.15) is 5.10 Å². The Bertz CT molecular complexity index is 1410. The summed E-state index contributed by atoms with van der Waals surface area (Å²) in [4.78, 5) is 28.4. The van der Waals surface area contributed by atoms with Gasteiger partial charge in [0, 0.05) is 23.2 Å². The fraction of sp³-hybridized carbons (Fsp3) is 0.324. The first-order chi connectivity index (χ1) is 19.9. The van der Waals surface area contributed by atoms with Gasteiger partial charge in [-0.05, 0) is 68.7 Å². The van der Waals surface area contributed by atoms with Crippen molar-refractivity contribution in [3.63, 3.8) is 0 Å². The zero-order valence-corrected chi connectivity index (χ0v) is 24.5. The van der Waals surface area contributed by atoms with E-state index in [0.29, 0.717) is 11.4 Å². The molecule has 3 aromatic carbocycles. The van der Waals surface area contributed by atoms with Gasteiger partial charge < -0.3 is 15.0 Å². The van der Waals surface area contributed by atoms with Crippen LogP contribution in [-0.4, -0.2) is 46.2 Å². The number of ether oxygens (including phenoxy) is 1. The first-order valence-electron chi connectivity index (χ1n) is 14.4. The Kier molecular flexibility index (Phi) is 10.3. The number of amides is 2. The van der Waals surface area contributed by atoms with Crippen LogP contribution in [0.3, 0.4) is 0 Å². The van der Waals surface area contributed by atoms with Gasteiger partial charge in [0.05, 0.1) is 18.5 Å². The number of methoxy groups -OCH3 is 1. The van der Waals surface area contributed by atoms with Crippen molar-refractivity contribution in [3.8, 4) is 22.7 Å². The van der Waals surface area contributed by atoms with E-state index in [9.17, 15) is 9.59 Å². The maximum absolute atomic E-state index is 13.4.